The number of halogens is 3. The molecule has 0 radical (unpaired) electrons. The molecule has 0 saturated carbocycles. The maximum absolute atomic E-state index is 14.1. The molecule has 3 aromatic rings. The highest BCUT2D eigenvalue weighted by Gasteiger charge is 2.46. The number of carbonyl (C=O) groups excluding carboxylic acids is 1. The maximum atomic E-state index is 14.1. The zero-order valence-corrected chi connectivity index (χ0v) is 22.3. The van der Waals surface area contributed by atoms with E-state index in [1.54, 1.807) is 47.4 Å². The van der Waals surface area contributed by atoms with E-state index in [1.165, 1.54) is 12.1 Å². The summed E-state index contributed by atoms with van der Waals surface area (Å²) in [6.07, 6.45) is 2.68. The summed E-state index contributed by atoms with van der Waals surface area (Å²) in [6.45, 7) is 1.98. The Labute approximate surface area is 231 Å². The summed E-state index contributed by atoms with van der Waals surface area (Å²) in [6, 6.07) is 19.4. The molecule has 1 amide bonds. The Balaban J connectivity index is 1.85. The van der Waals surface area contributed by atoms with Crippen molar-refractivity contribution < 1.29 is 23.8 Å². The van der Waals surface area contributed by atoms with Gasteiger partial charge in [-0.1, -0.05) is 79.0 Å². The number of aliphatic carboxylic acids is 1. The minimum Gasteiger partial charge on any atom is -0.478 e. The van der Waals surface area contributed by atoms with Gasteiger partial charge < -0.3 is 14.7 Å². The molecule has 4 rings (SSSR count). The van der Waals surface area contributed by atoms with Crippen molar-refractivity contribution in [1.29, 1.82) is 0 Å². The first-order chi connectivity index (χ1) is 18.3. The van der Waals surface area contributed by atoms with Gasteiger partial charge in [-0.3, -0.25) is 4.79 Å². The molecular weight excluding hydrogens is 528 g/mol. The quantitative estimate of drug-likeness (QED) is 0.283. The van der Waals surface area contributed by atoms with Crippen LogP contribution in [0.4, 0.5) is 4.39 Å². The first-order valence-corrected chi connectivity index (χ1v) is 13.2. The lowest BCUT2D eigenvalue weighted by atomic mass is 9.88. The molecule has 38 heavy (non-hydrogen) atoms. The van der Waals surface area contributed by atoms with Crippen LogP contribution in [0.1, 0.15) is 48.6 Å². The third-order valence-electron chi connectivity index (χ3n) is 6.57. The van der Waals surface area contributed by atoms with Crippen LogP contribution in [0.5, 0.6) is 0 Å². The maximum Gasteiger partial charge on any atom is 0.328 e. The summed E-state index contributed by atoms with van der Waals surface area (Å²) in [7, 11) is 0. The van der Waals surface area contributed by atoms with E-state index in [0.29, 0.717) is 16.5 Å². The number of carboxylic acid groups (broad SMARTS) is 1. The Hall–Kier alpha value is -3.19. The topological polar surface area (TPSA) is 66.8 Å². The number of amides is 1. The average Bonchev–Trinajstić information content (AvgIpc) is 2.90. The molecule has 3 aromatic carbocycles. The van der Waals surface area contributed by atoms with E-state index in [-0.39, 0.29) is 18.1 Å². The van der Waals surface area contributed by atoms with Gasteiger partial charge in [-0.2, -0.15) is 0 Å². The van der Waals surface area contributed by atoms with Crippen LogP contribution >= 0.6 is 23.2 Å². The van der Waals surface area contributed by atoms with E-state index in [9.17, 15) is 19.1 Å². The summed E-state index contributed by atoms with van der Waals surface area (Å²) in [5.41, 5.74) is 2.36. The number of benzene rings is 3. The Kier molecular flexibility index (Phi) is 9.21. The Morgan fingerprint density at radius 1 is 1.00 bits per heavy atom. The molecule has 0 aliphatic carbocycles. The highest BCUT2D eigenvalue weighted by atomic mass is 35.5. The van der Waals surface area contributed by atoms with Crippen molar-refractivity contribution in [3.8, 4) is 0 Å². The lowest BCUT2D eigenvalue weighted by Gasteiger charge is -2.47. The minimum absolute atomic E-state index is 0.231. The number of hydrogen-bond donors (Lipinski definition) is 1. The predicted octanol–water partition coefficient (Wildman–Crippen LogP) is 7.19. The summed E-state index contributed by atoms with van der Waals surface area (Å²) in [5, 5.41) is 10.5. The molecule has 1 aliphatic rings. The van der Waals surface area contributed by atoms with Gasteiger partial charge in [-0.25, -0.2) is 9.18 Å². The summed E-state index contributed by atoms with van der Waals surface area (Å²) in [5.74, 6) is -1.73. The molecule has 8 heteroatoms. The molecule has 1 aliphatic heterocycles. The zero-order chi connectivity index (χ0) is 27.2. The normalized spacial score (nSPS) is 20.6. The van der Waals surface area contributed by atoms with Crippen LogP contribution in [0.25, 0.3) is 0 Å². The summed E-state index contributed by atoms with van der Waals surface area (Å²) in [4.78, 5) is 27.3. The van der Waals surface area contributed by atoms with Gasteiger partial charge in [0.2, 0.25) is 0 Å². The molecule has 0 spiro atoms. The van der Waals surface area contributed by atoms with E-state index in [4.69, 9.17) is 27.9 Å². The van der Waals surface area contributed by atoms with Gasteiger partial charge in [0.05, 0.1) is 12.1 Å². The molecule has 4 atom stereocenters. The van der Waals surface area contributed by atoms with Gasteiger partial charge in [0.1, 0.15) is 18.0 Å². The second-order valence-corrected chi connectivity index (χ2v) is 10.1. The number of rotatable bonds is 9. The molecular formula is C30H28Cl2FNO4. The summed E-state index contributed by atoms with van der Waals surface area (Å²) >= 11 is 12.3. The third-order valence-corrected chi connectivity index (χ3v) is 7.08. The monoisotopic (exact) mass is 555 g/mol. The second kappa shape index (κ2) is 12.6. The van der Waals surface area contributed by atoms with Gasteiger partial charge in [0.25, 0.3) is 5.91 Å². The van der Waals surface area contributed by atoms with Crippen molar-refractivity contribution in [2.75, 3.05) is 0 Å². The fourth-order valence-electron chi connectivity index (χ4n) is 4.82. The predicted molar refractivity (Wildman–Crippen MR) is 146 cm³/mol. The van der Waals surface area contributed by atoms with Crippen LogP contribution in [0.15, 0.2) is 84.9 Å². The van der Waals surface area contributed by atoms with Crippen molar-refractivity contribution in [3.05, 3.63) is 118 Å². The molecule has 0 aromatic heterocycles. The third kappa shape index (κ3) is 6.62. The fraction of sp³-hybridized carbons (Fsp3) is 0.267. The highest BCUT2D eigenvalue weighted by molar-refractivity contribution is 6.30. The van der Waals surface area contributed by atoms with Gasteiger partial charge in [0, 0.05) is 22.5 Å². The van der Waals surface area contributed by atoms with Crippen molar-refractivity contribution >= 4 is 35.1 Å². The number of morpholine rings is 1. The molecule has 0 bridgehead atoms. The SMILES string of the molecule is CCCC(C=CC(=O)O)N1C(=O)[C@H](Cc2ccc(F)cc2)O[C@@H](c2ccc(Cl)cc2)[C@H]1c1ccc(Cl)cc1. The van der Waals surface area contributed by atoms with Gasteiger partial charge in [-0.05, 0) is 59.5 Å². The van der Waals surface area contributed by atoms with E-state index in [1.807, 2.05) is 31.2 Å². The number of carbonyl (C=O) groups is 2. The highest BCUT2D eigenvalue weighted by Crippen LogP contribution is 2.44. The minimum atomic E-state index is -1.09. The van der Waals surface area contributed by atoms with Crippen molar-refractivity contribution in [2.24, 2.45) is 0 Å². The smallest absolute Gasteiger partial charge is 0.328 e. The lowest BCUT2D eigenvalue weighted by Crippen LogP contribution is -2.55. The molecule has 1 unspecified atom stereocenters. The van der Waals surface area contributed by atoms with E-state index >= 15 is 0 Å². The second-order valence-electron chi connectivity index (χ2n) is 9.22. The van der Waals surface area contributed by atoms with Gasteiger partial charge >= 0.3 is 5.97 Å². The van der Waals surface area contributed by atoms with Gasteiger partial charge in [0.15, 0.2) is 0 Å². The van der Waals surface area contributed by atoms with Crippen LogP contribution in [0.2, 0.25) is 10.0 Å². The molecule has 1 fully saturated rings. The lowest BCUT2D eigenvalue weighted by molar-refractivity contribution is -0.177. The van der Waals surface area contributed by atoms with Gasteiger partial charge in [-0.15, -0.1) is 0 Å². The van der Waals surface area contributed by atoms with Crippen LogP contribution in [-0.2, 0) is 20.7 Å². The first-order valence-electron chi connectivity index (χ1n) is 12.4. The van der Waals surface area contributed by atoms with Crippen LogP contribution in [-0.4, -0.2) is 34.0 Å². The van der Waals surface area contributed by atoms with E-state index < -0.39 is 30.3 Å². The zero-order valence-electron chi connectivity index (χ0n) is 20.8. The van der Waals surface area contributed by atoms with E-state index in [0.717, 1.165) is 29.2 Å². The Morgan fingerprint density at radius 3 is 2.13 bits per heavy atom. The first kappa shape index (κ1) is 27.8. The van der Waals surface area contributed by atoms with Crippen molar-refractivity contribution in [3.63, 3.8) is 0 Å². The van der Waals surface area contributed by atoms with Crippen molar-refractivity contribution in [2.45, 2.75) is 50.5 Å². The summed E-state index contributed by atoms with van der Waals surface area (Å²) < 4.78 is 20.1. The number of carboxylic acids is 1. The molecule has 5 nitrogen and oxygen atoms in total. The van der Waals surface area contributed by atoms with Crippen LogP contribution in [0.3, 0.4) is 0 Å². The number of nitrogens with zero attached hydrogens (tertiary/aromatic N) is 1. The van der Waals surface area contributed by atoms with Crippen molar-refractivity contribution in [1.82, 2.24) is 4.90 Å². The van der Waals surface area contributed by atoms with E-state index in [2.05, 4.69) is 0 Å². The van der Waals surface area contributed by atoms with Crippen LogP contribution < -0.4 is 0 Å². The molecule has 198 valence electrons. The Morgan fingerprint density at radius 2 is 1.58 bits per heavy atom. The largest absolute Gasteiger partial charge is 0.478 e. The molecule has 1 N–H and O–H groups in total. The number of hydrogen-bond acceptors (Lipinski definition) is 3. The fourth-order valence-corrected chi connectivity index (χ4v) is 5.08. The Bertz CT molecular complexity index is 1280. The number of ether oxygens (including phenoxy) is 1. The van der Waals surface area contributed by atoms with Crippen LogP contribution in [0, 0.1) is 5.82 Å². The molecule has 1 heterocycles. The average molecular weight is 556 g/mol. The standard InChI is InChI=1S/C30H28Cl2FNO4/c1-2-3-25(16-17-27(35)36)34-28(20-6-10-22(31)11-7-20)29(21-8-12-23(32)13-9-21)38-26(30(34)37)18-19-4-14-24(33)15-5-19/h4-17,25-26,28-29H,2-3,18H2,1H3,(H,35,36)/t25?,26-,28+,29-/m0/s1. The molecule has 1 saturated heterocycles.